The Morgan fingerprint density at radius 2 is 1.89 bits per heavy atom. The largest absolute Gasteiger partial charge is 0.465 e. The number of hydrogen-bond donors (Lipinski definition) is 1. The Morgan fingerprint density at radius 3 is 2.51 bits per heavy atom. The predicted molar refractivity (Wildman–Crippen MR) is 138 cm³/mol. The van der Waals surface area contributed by atoms with Gasteiger partial charge in [0, 0.05) is 41.8 Å². The SMILES string of the molecule is COC(=O)c1sc2nc(CN(C)[C@H](C)c3c(C)nn(C)c3C)ccc2c1NC(=O)c1ccccc1. The van der Waals surface area contributed by atoms with Crippen LogP contribution in [0.2, 0.25) is 0 Å². The maximum atomic E-state index is 12.8. The van der Waals surface area contributed by atoms with E-state index in [0.717, 1.165) is 17.1 Å². The molecule has 4 rings (SSSR count). The molecule has 4 aromatic rings. The Balaban J connectivity index is 1.63. The number of aromatic nitrogens is 3. The molecule has 0 radical (unpaired) electrons. The van der Waals surface area contributed by atoms with Gasteiger partial charge in [-0.25, -0.2) is 9.78 Å². The van der Waals surface area contributed by atoms with Crippen LogP contribution >= 0.6 is 11.3 Å². The summed E-state index contributed by atoms with van der Waals surface area (Å²) in [6, 6.07) is 12.9. The molecule has 182 valence electrons. The van der Waals surface area contributed by atoms with E-state index in [4.69, 9.17) is 9.72 Å². The number of anilines is 1. The van der Waals surface area contributed by atoms with Crippen molar-refractivity contribution in [1.82, 2.24) is 19.7 Å². The smallest absolute Gasteiger partial charge is 0.350 e. The third kappa shape index (κ3) is 4.82. The minimum Gasteiger partial charge on any atom is -0.465 e. The average Bonchev–Trinajstić information content (AvgIpc) is 3.33. The quantitative estimate of drug-likeness (QED) is 0.371. The summed E-state index contributed by atoms with van der Waals surface area (Å²) in [6.07, 6.45) is 0. The number of thiophene rings is 1. The highest BCUT2D eigenvalue weighted by atomic mass is 32.1. The first-order valence-electron chi connectivity index (χ1n) is 11.3. The molecule has 35 heavy (non-hydrogen) atoms. The number of rotatable bonds is 7. The molecule has 0 saturated carbocycles. The van der Waals surface area contributed by atoms with Crippen LogP contribution in [0.15, 0.2) is 42.5 Å². The van der Waals surface area contributed by atoms with Gasteiger partial charge in [-0.05, 0) is 52.1 Å². The molecule has 0 unspecified atom stereocenters. The zero-order chi connectivity index (χ0) is 25.3. The second-order valence-corrected chi connectivity index (χ2v) is 9.57. The lowest BCUT2D eigenvalue weighted by molar-refractivity contribution is 0.0607. The molecule has 0 spiro atoms. The number of fused-ring (bicyclic) bond motifs is 1. The van der Waals surface area contributed by atoms with Gasteiger partial charge in [0.2, 0.25) is 0 Å². The van der Waals surface area contributed by atoms with Crippen LogP contribution in [0.25, 0.3) is 10.2 Å². The lowest BCUT2D eigenvalue weighted by Crippen LogP contribution is -2.23. The van der Waals surface area contributed by atoms with Crippen LogP contribution in [0.3, 0.4) is 0 Å². The Labute approximate surface area is 208 Å². The topological polar surface area (TPSA) is 89.3 Å². The zero-order valence-corrected chi connectivity index (χ0v) is 21.6. The Morgan fingerprint density at radius 1 is 1.17 bits per heavy atom. The molecular weight excluding hydrogens is 462 g/mol. The van der Waals surface area contributed by atoms with E-state index in [1.165, 1.54) is 24.0 Å². The summed E-state index contributed by atoms with van der Waals surface area (Å²) in [6.45, 7) is 6.88. The fourth-order valence-corrected chi connectivity index (χ4v) is 5.31. The van der Waals surface area contributed by atoms with E-state index in [-0.39, 0.29) is 11.9 Å². The van der Waals surface area contributed by atoms with Crippen molar-refractivity contribution in [2.45, 2.75) is 33.4 Å². The number of aryl methyl sites for hydroxylation is 2. The maximum Gasteiger partial charge on any atom is 0.350 e. The van der Waals surface area contributed by atoms with Crippen LogP contribution in [-0.4, -0.2) is 45.7 Å². The Hall–Kier alpha value is -3.56. The fourth-order valence-electron chi connectivity index (χ4n) is 4.25. The van der Waals surface area contributed by atoms with E-state index in [9.17, 15) is 9.59 Å². The molecule has 1 aromatic carbocycles. The van der Waals surface area contributed by atoms with Crippen molar-refractivity contribution in [2.24, 2.45) is 7.05 Å². The number of carbonyl (C=O) groups is 2. The first kappa shape index (κ1) is 24.6. The molecule has 0 aliphatic rings. The van der Waals surface area contributed by atoms with Gasteiger partial charge in [0.1, 0.15) is 9.71 Å². The lowest BCUT2D eigenvalue weighted by Gasteiger charge is -2.25. The van der Waals surface area contributed by atoms with Crippen molar-refractivity contribution in [1.29, 1.82) is 0 Å². The molecule has 1 amide bonds. The van der Waals surface area contributed by atoms with Crippen LogP contribution in [0.4, 0.5) is 5.69 Å². The van der Waals surface area contributed by atoms with E-state index in [2.05, 4.69) is 36.2 Å². The molecule has 0 aliphatic carbocycles. The monoisotopic (exact) mass is 491 g/mol. The van der Waals surface area contributed by atoms with Gasteiger partial charge in [-0.3, -0.25) is 14.4 Å². The summed E-state index contributed by atoms with van der Waals surface area (Å²) in [5.41, 5.74) is 5.17. The van der Waals surface area contributed by atoms with Gasteiger partial charge < -0.3 is 10.1 Å². The number of nitrogens with one attached hydrogen (secondary N) is 1. The summed E-state index contributed by atoms with van der Waals surface area (Å²) in [5.74, 6) is -0.804. The van der Waals surface area contributed by atoms with Gasteiger partial charge in [-0.2, -0.15) is 5.10 Å². The van der Waals surface area contributed by atoms with Gasteiger partial charge in [0.25, 0.3) is 5.91 Å². The molecule has 1 N–H and O–H groups in total. The van der Waals surface area contributed by atoms with E-state index < -0.39 is 5.97 Å². The molecule has 1 atom stereocenters. The van der Waals surface area contributed by atoms with Crippen molar-refractivity contribution in [2.75, 3.05) is 19.5 Å². The number of pyridine rings is 1. The minimum absolute atomic E-state index is 0.149. The highest BCUT2D eigenvalue weighted by molar-refractivity contribution is 7.21. The number of ether oxygens (including phenoxy) is 1. The standard InChI is InChI=1S/C26H29N5O3S/c1-15-21(17(3)31(5)29-15)16(2)30(4)14-19-12-13-20-22(23(26(33)34-6)35-25(20)27-19)28-24(32)18-10-8-7-9-11-18/h7-13,16H,14H2,1-6H3,(H,28,32)/t16-/m1/s1. The number of hydrogen-bond acceptors (Lipinski definition) is 7. The first-order chi connectivity index (χ1) is 16.7. The van der Waals surface area contributed by atoms with Gasteiger partial charge in [0.05, 0.1) is 24.2 Å². The molecule has 3 heterocycles. The lowest BCUT2D eigenvalue weighted by atomic mass is 10.1. The number of amides is 1. The summed E-state index contributed by atoms with van der Waals surface area (Å²) in [7, 11) is 5.34. The van der Waals surface area contributed by atoms with Gasteiger partial charge >= 0.3 is 5.97 Å². The molecule has 0 fully saturated rings. The molecule has 3 aromatic heterocycles. The van der Waals surface area contributed by atoms with Crippen LogP contribution in [-0.2, 0) is 18.3 Å². The third-order valence-electron chi connectivity index (χ3n) is 6.31. The van der Waals surface area contributed by atoms with Crippen LogP contribution in [0.5, 0.6) is 0 Å². The Kier molecular flexibility index (Phi) is 7.00. The normalized spacial score (nSPS) is 12.2. The number of methoxy groups -OCH3 is 1. The van der Waals surface area contributed by atoms with E-state index in [1.807, 2.05) is 36.9 Å². The predicted octanol–water partition coefficient (Wildman–Crippen LogP) is 4.88. The van der Waals surface area contributed by atoms with E-state index >= 15 is 0 Å². The highest BCUT2D eigenvalue weighted by Gasteiger charge is 2.24. The van der Waals surface area contributed by atoms with Gasteiger partial charge in [-0.15, -0.1) is 11.3 Å². The first-order valence-corrected chi connectivity index (χ1v) is 12.1. The van der Waals surface area contributed by atoms with Crippen LogP contribution in [0.1, 0.15) is 55.6 Å². The Bertz CT molecular complexity index is 1390. The summed E-state index contributed by atoms with van der Waals surface area (Å²) >= 11 is 1.22. The minimum atomic E-state index is -0.508. The molecule has 0 bridgehead atoms. The summed E-state index contributed by atoms with van der Waals surface area (Å²) in [5, 5.41) is 8.14. The van der Waals surface area contributed by atoms with Crippen molar-refractivity contribution in [3.05, 3.63) is 75.6 Å². The maximum absolute atomic E-state index is 12.8. The number of esters is 1. The molecule has 9 heteroatoms. The molecule has 8 nitrogen and oxygen atoms in total. The number of carbonyl (C=O) groups excluding carboxylic acids is 2. The van der Waals surface area contributed by atoms with Gasteiger partial charge in [-0.1, -0.05) is 18.2 Å². The van der Waals surface area contributed by atoms with Crippen LogP contribution < -0.4 is 5.32 Å². The van der Waals surface area contributed by atoms with Crippen molar-refractivity contribution in [3.63, 3.8) is 0 Å². The number of benzene rings is 1. The summed E-state index contributed by atoms with van der Waals surface area (Å²) in [4.78, 5) is 33.3. The summed E-state index contributed by atoms with van der Waals surface area (Å²) < 4.78 is 6.88. The van der Waals surface area contributed by atoms with Gasteiger partial charge in [0.15, 0.2) is 0 Å². The molecule has 0 saturated heterocycles. The van der Waals surface area contributed by atoms with Crippen molar-refractivity contribution < 1.29 is 14.3 Å². The van der Waals surface area contributed by atoms with E-state index in [1.54, 1.807) is 24.3 Å². The second-order valence-electron chi connectivity index (χ2n) is 8.57. The zero-order valence-electron chi connectivity index (χ0n) is 20.7. The van der Waals surface area contributed by atoms with Crippen molar-refractivity contribution >= 4 is 39.1 Å². The average molecular weight is 492 g/mol. The van der Waals surface area contributed by atoms with Crippen LogP contribution in [0, 0.1) is 13.8 Å². The second kappa shape index (κ2) is 9.97. The number of nitrogens with zero attached hydrogens (tertiary/aromatic N) is 4. The highest BCUT2D eigenvalue weighted by Crippen LogP contribution is 2.36. The van der Waals surface area contributed by atoms with E-state index in [0.29, 0.717) is 32.9 Å². The molecular formula is C26H29N5O3S. The molecule has 0 aliphatic heterocycles. The third-order valence-corrected chi connectivity index (χ3v) is 7.39. The van der Waals surface area contributed by atoms with Crippen molar-refractivity contribution in [3.8, 4) is 0 Å². The fraction of sp³-hybridized carbons (Fsp3) is 0.308.